The zero-order chi connectivity index (χ0) is 13.4. The van der Waals surface area contributed by atoms with Gasteiger partial charge in [0.05, 0.1) is 6.61 Å². The minimum atomic E-state index is -0.842. The molecule has 0 atom stereocenters. The highest BCUT2D eigenvalue weighted by atomic mass is 16.7. The topological polar surface area (TPSA) is 96.3 Å². The molecule has 18 heavy (non-hydrogen) atoms. The molecular weight excluding hydrogens is 236 g/mol. The van der Waals surface area contributed by atoms with E-state index in [2.05, 4.69) is 15.5 Å². The van der Waals surface area contributed by atoms with E-state index in [0.717, 1.165) is 0 Å². The van der Waals surface area contributed by atoms with Crippen molar-refractivity contribution >= 4 is 5.91 Å². The van der Waals surface area contributed by atoms with Gasteiger partial charge < -0.3 is 4.74 Å². The van der Waals surface area contributed by atoms with Crippen LogP contribution in [0.25, 0.3) is 10.4 Å². The molecule has 0 aromatic carbocycles. The molecule has 1 amide bonds. The fourth-order valence-electron chi connectivity index (χ4n) is 2.20. The maximum absolute atomic E-state index is 12.1. The molecule has 0 bridgehead atoms. The molecule has 1 fully saturated rings. The van der Waals surface area contributed by atoms with Crippen LogP contribution in [0.3, 0.4) is 0 Å². The maximum atomic E-state index is 12.1. The number of ether oxygens (including phenoxy) is 1. The third-order valence-electron chi connectivity index (χ3n) is 3.12. The van der Waals surface area contributed by atoms with Gasteiger partial charge in [0, 0.05) is 17.6 Å². The summed E-state index contributed by atoms with van der Waals surface area (Å²) in [5, 5.41) is 3.69. The number of rotatable bonds is 6. The molecule has 0 radical (unpaired) electrons. The Bertz CT molecular complexity index is 320. The monoisotopic (exact) mass is 256 g/mol. The molecule has 7 heteroatoms. The molecule has 0 spiro atoms. The van der Waals surface area contributed by atoms with E-state index in [0.29, 0.717) is 38.9 Å². The van der Waals surface area contributed by atoms with E-state index in [1.54, 1.807) is 6.92 Å². The van der Waals surface area contributed by atoms with Crippen LogP contribution in [0.4, 0.5) is 0 Å². The van der Waals surface area contributed by atoms with Gasteiger partial charge in [0.1, 0.15) is 5.60 Å². The first-order valence-electron chi connectivity index (χ1n) is 6.29. The fraction of sp³-hybridized carbons (Fsp3) is 0.909. The van der Waals surface area contributed by atoms with Crippen LogP contribution in [0.1, 0.15) is 39.5 Å². The molecule has 1 N–H and O–H groups in total. The van der Waals surface area contributed by atoms with Gasteiger partial charge in [0.2, 0.25) is 0 Å². The Labute approximate surface area is 106 Å². The van der Waals surface area contributed by atoms with Crippen molar-refractivity contribution in [3.8, 4) is 0 Å². The third kappa shape index (κ3) is 3.60. The van der Waals surface area contributed by atoms with E-state index in [-0.39, 0.29) is 11.9 Å². The molecule has 0 aromatic rings. The van der Waals surface area contributed by atoms with Crippen LogP contribution in [-0.2, 0) is 14.4 Å². The molecule has 7 nitrogen and oxygen atoms in total. The lowest BCUT2D eigenvalue weighted by atomic mass is 9.81. The van der Waals surface area contributed by atoms with Crippen molar-refractivity contribution in [1.29, 1.82) is 0 Å². The predicted octanol–water partition coefficient (Wildman–Crippen LogP) is 2.08. The summed E-state index contributed by atoms with van der Waals surface area (Å²) in [6.45, 7) is 4.53. The molecule has 1 aliphatic carbocycles. The molecule has 102 valence electrons. The minimum absolute atomic E-state index is 0.0384. The van der Waals surface area contributed by atoms with Gasteiger partial charge >= 0.3 is 0 Å². The van der Waals surface area contributed by atoms with Gasteiger partial charge in [-0.05, 0) is 45.1 Å². The molecule has 0 heterocycles. The Morgan fingerprint density at radius 1 is 1.44 bits per heavy atom. The maximum Gasteiger partial charge on any atom is 0.275 e. The van der Waals surface area contributed by atoms with Gasteiger partial charge in [0.15, 0.2) is 0 Å². The molecule has 1 aliphatic rings. The fourth-order valence-corrected chi connectivity index (χ4v) is 2.20. The molecule has 0 aromatic heterocycles. The van der Waals surface area contributed by atoms with Gasteiger partial charge in [-0.25, -0.2) is 5.48 Å². The molecule has 1 saturated carbocycles. The second-order valence-corrected chi connectivity index (χ2v) is 4.23. The number of hydrogen-bond acceptors (Lipinski definition) is 4. The van der Waals surface area contributed by atoms with Gasteiger partial charge in [-0.1, -0.05) is 5.11 Å². The number of hydroxylamine groups is 1. The summed E-state index contributed by atoms with van der Waals surface area (Å²) in [7, 11) is 0. The second kappa shape index (κ2) is 7.20. The number of nitrogens with zero attached hydrogens (tertiary/aromatic N) is 3. The normalized spacial score (nSPS) is 27.3. The molecular formula is C11H20N4O3. The average Bonchev–Trinajstić information content (AvgIpc) is 2.39. The zero-order valence-electron chi connectivity index (χ0n) is 10.9. The number of carbonyl (C=O) groups is 1. The number of nitrogens with one attached hydrogen (secondary N) is 1. The van der Waals surface area contributed by atoms with Crippen LogP contribution in [0.5, 0.6) is 0 Å². The van der Waals surface area contributed by atoms with Crippen molar-refractivity contribution < 1.29 is 14.4 Å². The van der Waals surface area contributed by atoms with Gasteiger partial charge in [-0.2, -0.15) is 0 Å². The number of hydrogen-bond donors (Lipinski definition) is 1. The van der Waals surface area contributed by atoms with Crippen LogP contribution in [0.2, 0.25) is 0 Å². The summed E-state index contributed by atoms with van der Waals surface area (Å²) in [6, 6.07) is -0.0384. The number of azide groups is 1. The SMILES string of the molecule is CCONC(=O)C1(OCC)CCC(N=[N+]=[N-])CC1. The summed E-state index contributed by atoms with van der Waals surface area (Å²) < 4.78 is 5.63. The zero-order valence-corrected chi connectivity index (χ0v) is 10.9. The summed E-state index contributed by atoms with van der Waals surface area (Å²) in [5.74, 6) is -0.245. The van der Waals surface area contributed by atoms with E-state index in [9.17, 15) is 4.79 Å². The summed E-state index contributed by atoms with van der Waals surface area (Å²) in [6.07, 6.45) is 2.40. The van der Waals surface area contributed by atoms with E-state index >= 15 is 0 Å². The number of amides is 1. The highest BCUT2D eigenvalue weighted by Crippen LogP contribution is 2.33. The van der Waals surface area contributed by atoms with Gasteiger partial charge in [0.25, 0.3) is 5.91 Å². The van der Waals surface area contributed by atoms with Gasteiger partial charge in [-0.15, -0.1) is 0 Å². The van der Waals surface area contributed by atoms with Crippen LogP contribution in [-0.4, -0.2) is 30.8 Å². The summed E-state index contributed by atoms with van der Waals surface area (Å²) in [4.78, 5) is 19.8. The summed E-state index contributed by atoms with van der Waals surface area (Å²) in [5.41, 5.74) is 9.97. The Morgan fingerprint density at radius 3 is 2.61 bits per heavy atom. The van der Waals surface area contributed by atoms with Gasteiger partial charge in [-0.3, -0.25) is 9.63 Å². The molecule has 1 rings (SSSR count). The Kier molecular flexibility index (Phi) is 5.91. The van der Waals surface area contributed by atoms with Crippen molar-refractivity contribution in [2.75, 3.05) is 13.2 Å². The third-order valence-corrected chi connectivity index (χ3v) is 3.12. The van der Waals surface area contributed by atoms with Crippen molar-refractivity contribution in [2.24, 2.45) is 5.11 Å². The highest BCUT2D eigenvalue weighted by molar-refractivity contribution is 5.84. The number of carbonyl (C=O) groups excluding carboxylic acids is 1. The van der Waals surface area contributed by atoms with E-state index in [1.807, 2.05) is 6.92 Å². The Balaban J connectivity index is 2.65. The Morgan fingerprint density at radius 2 is 2.11 bits per heavy atom. The lowest BCUT2D eigenvalue weighted by Gasteiger charge is -2.37. The quantitative estimate of drug-likeness (QED) is 0.341. The molecule has 0 saturated heterocycles. The van der Waals surface area contributed by atoms with Crippen molar-refractivity contribution in [1.82, 2.24) is 5.48 Å². The highest BCUT2D eigenvalue weighted by Gasteiger charge is 2.42. The van der Waals surface area contributed by atoms with Crippen molar-refractivity contribution in [3.05, 3.63) is 10.4 Å². The second-order valence-electron chi connectivity index (χ2n) is 4.23. The first kappa shape index (κ1) is 14.8. The van der Waals surface area contributed by atoms with E-state index in [4.69, 9.17) is 15.1 Å². The van der Waals surface area contributed by atoms with Crippen LogP contribution in [0.15, 0.2) is 5.11 Å². The molecule has 0 aliphatic heterocycles. The smallest absolute Gasteiger partial charge is 0.275 e. The predicted molar refractivity (Wildman–Crippen MR) is 65.5 cm³/mol. The Hall–Kier alpha value is -1.30. The first-order valence-corrected chi connectivity index (χ1v) is 6.29. The van der Waals surface area contributed by atoms with Crippen LogP contribution >= 0.6 is 0 Å². The average molecular weight is 256 g/mol. The van der Waals surface area contributed by atoms with E-state index in [1.165, 1.54) is 0 Å². The summed E-state index contributed by atoms with van der Waals surface area (Å²) >= 11 is 0. The first-order chi connectivity index (χ1) is 8.68. The largest absolute Gasteiger partial charge is 0.365 e. The minimum Gasteiger partial charge on any atom is -0.365 e. The van der Waals surface area contributed by atoms with Crippen LogP contribution in [0, 0.1) is 0 Å². The van der Waals surface area contributed by atoms with E-state index < -0.39 is 5.60 Å². The van der Waals surface area contributed by atoms with Crippen molar-refractivity contribution in [2.45, 2.75) is 51.2 Å². The standard InChI is InChI=1S/C11H20N4O3/c1-3-17-11(10(16)14-18-4-2)7-5-9(6-8-11)13-15-12/h9H,3-8H2,1-2H3,(H,14,16). The van der Waals surface area contributed by atoms with Crippen molar-refractivity contribution in [3.63, 3.8) is 0 Å². The lowest BCUT2D eigenvalue weighted by molar-refractivity contribution is -0.164. The van der Waals surface area contributed by atoms with Crippen LogP contribution < -0.4 is 5.48 Å². The molecule has 0 unspecified atom stereocenters. The lowest BCUT2D eigenvalue weighted by Crippen LogP contribution is -2.51.